The Hall–Kier alpha value is -3.32. The summed E-state index contributed by atoms with van der Waals surface area (Å²) in [4.78, 5) is 25.7. The number of benzene rings is 3. The summed E-state index contributed by atoms with van der Waals surface area (Å²) in [5.74, 6) is -0.425. The zero-order chi connectivity index (χ0) is 23.4. The summed E-state index contributed by atoms with van der Waals surface area (Å²) in [6, 6.07) is 20.0. The second-order valence-corrected chi connectivity index (χ2v) is 8.15. The van der Waals surface area contributed by atoms with E-state index >= 15 is 0 Å². The maximum atomic E-state index is 12.9. The molecule has 0 aliphatic heterocycles. The fourth-order valence-electron chi connectivity index (χ4n) is 3.05. The first-order chi connectivity index (χ1) is 15.9. The second-order valence-electron chi connectivity index (χ2n) is 6.90. The molecule has 0 bridgehead atoms. The molecule has 0 aliphatic carbocycles. The molecule has 0 atom stereocenters. The van der Waals surface area contributed by atoms with Crippen molar-refractivity contribution in [3.05, 3.63) is 111 Å². The summed E-state index contributed by atoms with van der Waals surface area (Å²) in [6.45, 7) is -0.00454. The highest BCUT2D eigenvalue weighted by Crippen LogP contribution is 2.32. The molecule has 0 saturated carbocycles. The highest BCUT2D eigenvalue weighted by Gasteiger charge is 2.18. The predicted molar refractivity (Wildman–Crippen MR) is 129 cm³/mol. The molecule has 0 radical (unpaired) electrons. The van der Waals surface area contributed by atoms with E-state index in [4.69, 9.17) is 39.5 Å². The SMILES string of the molecule is O=C(Nc1ccc(Cl)cc1C(=O)c1ccccc1)c1ccn(COc2c(Cl)cccc2Cl)n1. The Morgan fingerprint density at radius 2 is 1.64 bits per heavy atom. The van der Waals surface area contributed by atoms with Crippen LogP contribution in [0.1, 0.15) is 26.4 Å². The molecular weight excluding hydrogens is 485 g/mol. The van der Waals surface area contributed by atoms with Crippen LogP contribution < -0.4 is 10.1 Å². The number of hydrogen-bond acceptors (Lipinski definition) is 4. The molecule has 0 unspecified atom stereocenters. The Morgan fingerprint density at radius 1 is 0.909 bits per heavy atom. The number of rotatable bonds is 7. The van der Waals surface area contributed by atoms with Crippen LogP contribution in [0.25, 0.3) is 0 Å². The van der Waals surface area contributed by atoms with E-state index < -0.39 is 5.91 Å². The number of nitrogens with zero attached hydrogens (tertiary/aromatic N) is 2. The van der Waals surface area contributed by atoms with Crippen molar-refractivity contribution in [2.24, 2.45) is 0 Å². The van der Waals surface area contributed by atoms with Crippen LogP contribution >= 0.6 is 34.8 Å². The van der Waals surface area contributed by atoms with Gasteiger partial charge in [0.15, 0.2) is 24.0 Å². The highest BCUT2D eigenvalue weighted by molar-refractivity contribution is 6.37. The van der Waals surface area contributed by atoms with Gasteiger partial charge in [-0.15, -0.1) is 0 Å². The molecule has 33 heavy (non-hydrogen) atoms. The maximum absolute atomic E-state index is 12.9. The molecule has 0 aliphatic rings. The molecular formula is C24H16Cl3N3O3. The molecule has 6 nitrogen and oxygen atoms in total. The zero-order valence-corrected chi connectivity index (χ0v) is 19.2. The molecule has 1 aromatic heterocycles. The van der Waals surface area contributed by atoms with Crippen LogP contribution in [0.3, 0.4) is 0 Å². The van der Waals surface area contributed by atoms with Gasteiger partial charge in [0.2, 0.25) is 0 Å². The zero-order valence-electron chi connectivity index (χ0n) is 17.0. The Morgan fingerprint density at radius 3 is 2.36 bits per heavy atom. The number of carbonyl (C=O) groups is 2. The highest BCUT2D eigenvalue weighted by atomic mass is 35.5. The number of ketones is 1. The van der Waals surface area contributed by atoms with Gasteiger partial charge in [0.1, 0.15) is 0 Å². The molecule has 4 aromatic rings. The van der Waals surface area contributed by atoms with Crippen LogP contribution in [0, 0.1) is 0 Å². The largest absolute Gasteiger partial charge is 0.468 e. The Kier molecular flexibility index (Phi) is 6.99. The lowest BCUT2D eigenvalue weighted by Gasteiger charge is -2.11. The van der Waals surface area contributed by atoms with E-state index in [-0.39, 0.29) is 23.8 Å². The lowest BCUT2D eigenvalue weighted by molar-refractivity contribution is 0.102. The normalized spacial score (nSPS) is 10.6. The van der Waals surface area contributed by atoms with Crippen LogP contribution in [-0.2, 0) is 6.73 Å². The van der Waals surface area contributed by atoms with E-state index in [0.29, 0.717) is 32.1 Å². The van der Waals surface area contributed by atoms with Crippen molar-refractivity contribution in [3.63, 3.8) is 0 Å². The summed E-state index contributed by atoms with van der Waals surface area (Å²) in [5, 5.41) is 8.06. The van der Waals surface area contributed by atoms with Crippen molar-refractivity contribution in [1.82, 2.24) is 9.78 Å². The Balaban J connectivity index is 1.49. The van der Waals surface area contributed by atoms with Crippen molar-refractivity contribution in [3.8, 4) is 5.75 Å². The van der Waals surface area contributed by atoms with E-state index in [1.807, 2.05) is 6.07 Å². The minimum atomic E-state index is -0.492. The fourth-order valence-corrected chi connectivity index (χ4v) is 3.73. The van der Waals surface area contributed by atoms with E-state index in [1.165, 1.54) is 16.8 Å². The summed E-state index contributed by atoms with van der Waals surface area (Å²) in [6.07, 6.45) is 1.58. The van der Waals surface area contributed by atoms with Gasteiger partial charge in [0.25, 0.3) is 5.91 Å². The van der Waals surface area contributed by atoms with E-state index in [1.54, 1.807) is 60.8 Å². The summed E-state index contributed by atoms with van der Waals surface area (Å²) in [5.41, 5.74) is 1.22. The van der Waals surface area contributed by atoms with Gasteiger partial charge < -0.3 is 10.1 Å². The van der Waals surface area contributed by atoms with Gasteiger partial charge in [-0.25, -0.2) is 4.68 Å². The molecule has 9 heteroatoms. The molecule has 0 spiro atoms. The Bertz CT molecular complexity index is 1300. The molecule has 0 fully saturated rings. The average molecular weight is 501 g/mol. The number of ether oxygens (including phenoxy) is 1. The summed E-state index contributed by atoms with van der Waals surface area (Å²) in [7, 11) is 0. The third-order valence-corrected chi connectivity index (χ3v) is 5.47. The van der Waals surface area contributed by atoms with Crippen molar-refractivity contribution >= 4 is 52.2 Å². The summed E-state index contributed by atoms with van der Waals surface area (Å²) < 4.78 is 7.05. The molecule has 1 heterocycles. The van der Waals surface area contributed by atoms with Crippen molar-refractivity contribution in [1.29, 1.82) is 0 Å². The number of amides is 1. The monoisotopic (exact) mass is 499 g/mol. The third-order valence-electron chi connectivity index (χ3n) is 4.64. The van der Waals surface area contributed by atoms with Crippen LogP contribution in [0.15, 0.2) is 79.0 Å². The van der Waals surface area contributed by atoms with Crippen LogP contribution in [0.2, 0.25) is 15.1 Å². The number of halogens is 3. The predicted octanol–water partition coefficient (Wildman–Crippen LogP) is 6.36. The van der Waals surface area contributed by atoms with Crippen LogP contribution in [-0.4, -0.2) is 21.5 Å². The molecule has 4 rings (SSSR count). The maximum Gasteiger partial charge on any atom is 0.276 e. The lowest BCUT2D eigenvalue weighted by Crippen LogP contribution is -2.17. The molecule has 1 amide bonds. The van der Waals surface area contributed by atoms with Gasteiger partial charge >= 0.3 is 0 Å². The number of aromatic nitrogens is 2. The van der Waals surface area contributed by atoms with Gasteiger partial charge in [-0.1, -0.05) is 71.2 Å². The first-order valence-corrected chi connectivity index (χ1v) is 10.9. The van der Waals surface area contributed by atoms with E-state index in [0.717, 1.165) is 0 Å². The Labute approximate surface area is 204 Å². The first kappa shape index (κ1) is 22.9. The fraction of sp³-hybridized carbons (Fsp3) is 0.0417. The lowest BCUT2D eigenvalue weighted by atomic mass is 10.0. The van der Waals surface area contributed by atoms with E-state index in [2.05, 4.69) is 10.4 Å². The standard InChI is InChI=1S/C24H16Cl3N3O3/c25-16-9-10-20(17(13-16)22(31)15-5-2-1-3-6-15)28-24(32)21-11-12-30(29-21)14-33-23-18(26)7-4-8-19(23)27/h1-13H,14H2,(H,28,32). The third kappa shape index (κ3) is 5.37. The molecule has 3 aromatic carbocycles. The average Bonchev–Trinajstić information content (AvgIpc) is 3.29. The van der Waals surface area contributed by atoms with Gasteiger partial charge in [-0.05, 0) is 36.4 Å². The quantitative estimate of drug-likeness (QED) is 0.300. The second kappa shape index (κ2) is 10.1. The smallest absolute Gasteiger partial charge is 0.276 e. The summed E-state index contributed by atoms with van der Waals surface area (Å²) >= 11 is 18.3. The van der Waals surface area contributed by atoms with Crippen molar-refractivity contribution < 1.29 is 14.3 Å². The minimum Gasteiger partial charge on any atom is -0.468 e. The van der Waals surface area contributed by atoms with Gasteiger partial charge in [-0.2, -0.15) is 5.10 Å². The van der Waals surface area contributed by atoms with Crippen molar-refractivity contribution in [2.45, 2.75) is 6.73 Å². The van der Waals surface area contributed by atoms with Crippen molar-refractivity contribution in [2.75, 3.05) is 5.32 Å². The number of anilines is 1. The van der Waals surface area contributed by atoms with Crippen LogP contribution in [0.4, 0.5) is 5.69 Å². The molecule has 1 N–H and O–H groups in total. The molecule has 166 valence electrons. The minimum absolute atomic E-state index is 0.00454. The van der Waals surface area contributed by atoms with E-state index in [9.17, 15) is 9.59 Å². The number of para-hydroxylation sites is 1. The topological polar surface area (TPSA) is 73.2 Å². The van der Waals surface area contributed by atoms with Gasteiger partial charge in [0.05, 0.1) is 15.7 Å². The number of nitrogens with one attached hydrogen (secondary N) is 1. The molecule has 0 saturated heterocycles. The first-order valence-electron chi connectivity index (χ1n) is 9.73. The number of hydrogen-bond donors (Lipinski definition) is 1. The van der Waals surface area contributed by atoms with Gasteiger partial charge in [-0.3, -0.25) is 9.59 Å². The number of carbonyl (C=O) groups excluding carboxylic acids is 2. The van der Waals surface area contributed by atoms with Gasteiger partial charge in [0, 0.05) is 22.3 Å². The van der Waals surface area contributed by atoms with Crippen LogP contribution in [0.5, 0.6) is 5.75 Å².